The summed E-state index contributed by atoms with van der Waals surface area (Å²) in [6, 6.07) is 73.3. The van der Waals surface area contributed by atoms with Crippen molar-refractivity contribution in [1.82, 2.24) is 19.5 Å². The lowest BCUT2D eigenvalue weighted by molar-refractivity contribution is 0.666. The van der Waals surface area contributed by atoms with Gasteiger partial charge >= 0.3 is 0 Å². The summed E-state index contributed by atoms with van der Waals surface area (Å²) in [5.41, 5.74) is 9.67. The molecule has 0 atom stereocenters. The van der Waals surface area contributed by atoms with E-state index in [2.05, 4.69) is 205 Å². The minimum Gasteiger partial charge on any atom is -0.454 e. The van der Waals surface area contributed by atoms with E-state index in [1.807, 2.05) is 6.07 Å². The van der Waals surface area contributed by atoms with Crippen LogP contribution in [0.1, 0.15) is 0 Å². The minimum atomic E-state index is 0.579. The molecule has 0 N–H and O–H groups in total. The second-order valence-corrected chi connectivity index (χ2v) is 17.8. The molecule has 0 fully saturated rings. The van der Waals surface area contributed by atoms with Crippen molar-refractivity contribution in [3.05, 3.63) is 206 Å². The van der Waals surface area contributed by atoms with Crippen LogP contribution in [0.2, 0.25) is 0 Å². The van der Waals surface area contributed by atoms with Gasteiger partial charge in [-0.1, -0.05) is 152 Å². The predicted octanol–water partition coefficient (Wildman–Crippen LogP) is 16.2. The molecule has 0 spiro atoms. The highest BCUT2D eigenvalue weighted by Gasteiger charge is 2.23. The van der Waals surface area contributed by atoms with Crippen LogP contribution >= 0.6 is 11.3 Å². The topological polar surface area (TPSA) is 56.7 Å². The van der Waals surface area contributed by atoms with E-state index in [-0.39, 0.29) is 0 Å². The molecule has 0 aliphatic carbocycles. The van der Waals surface area contributed by atoms with Crippen molar-refractivity contribution in [3.8, 4) is 51.0 Å². The van der Waals surface area contributed by atoms with E-state index in [1.54, 1.807) is 11.3 Å². The Balaban J connectivity index is 1.08. The van der Waals surface area contributed by atoms with Crippen LogP contribution in [0.15, 0.2) is 211 Å². The fourth-order valence-corrected chi connectivity index (χ4v) is 11.1. The van der Waals surface area contributed by atoms with Gasteiger partial charge in [0, 0.05) is 58.4 Å². The first-order valence-electron chi connectivity index (χ1n) is 21.8. The third-order valence-corrected chi connectivity index (χ3v) is 14.1. The van der Waals surface area contributed by atoms with Crippen LogP contribution in [0.4, 0.5) is 0 Å². The van der Waals surface area contributed by atoms with E-state index >= 15 is 0 Å². The molecule has 6 heteroatoms. The van der Waals surface area contributed by atoms with Gasteiger partial charge in [0.1, 0.15) is 5.58 Å². The Hall–Kier alpha value is -8.45. The van der Waals surface area contributed by atoms with E-state index in [0.717, 1.165) is 77.2 Å². The smallest absolute Gasteiger partial charge is 0.164 e. The van der Waals surface area contributed by atoms with Crippen LogP contribution in [-0.4, -0.2) is 19.5 Å². The SMILES string of the molecule is c1ccc(-c2cccc(-c3nc(-c4ccc5c(c4)sc4ccccc45)nc(-c4cc(-n5c6ccccc6c6cc7ccccc7cc65)c5oc6ccc7ccccc7c6c5c4)n3)c2)cc1. The largest absolute Gasteiger partial charge is 0.454 e. The number of nitrogens with zero attached hydrogens (tertiary/aromatic N) is 4. The number of para-hydroxylation sites is 1. The Morgan fingerprint density at radius 2 is 1.00 bits per heavy atom. The molecule has 0 saturated heterocycles. The molecular formula is C59H34N4OS. The van der Waals surface area contributed by atoms with Gasteiger partial charge in [0.2, 0.25) is 0 Å². The Bertz CT molecular complexity index is 4260. The number of rotatable bonds is 5. The fraction of sp³-hybridized carbons (Fsp3) is 0. The van der Waals surface area contributed by atoms with Gasteiger partial charge in [-0.2, -0.15) is 0 Å². The zero-order valence-electron chi connectivity index (χ0n) is 34.7. The normalized spacial score (nSPS) is 12.0. The Morgan fingerprint density at radius 1 is 0.354 bits per heavy atom. The Labute approximate surface area is 376 Å². The molecule has 4 aromatic heterocycles. The number of benzene rings is 10. The number of hydrogen-bond donors (Lipinski definition) is 0. The highest BCUT2D eigenvalue weighted by Crippen LogP contribution is 2.44. The highest BCUT2D eigenvalue weighted by molar-refractivity contribution is 7.25. The fourth-order valence-electron chi connectivity index (χ4n) is 9.94. The molecule has 0 amide bonds. The Kier molecular flexibility index (Phi) is 7.79. The molecule has 4 heterocycles. The molecule has 302 valence electrons. The number of hydrogen-bond acceptors (Lipinski definition) is 5. The predicted molar refractivity (Wildman–Crippen MR) is 271 cm³/mol. The standard InChI is InChI=1S/C59H34N4OS/c1-2-13-35(14-3-1)37-18-12-19-40(29-37)57-60-58(41-25-27-46-45-22-9-11-24-53(45)65-54(46)34-41)62-59(61-57)42-31-48-55-43-20-7-6-15-36(43)26-28-52(55)64-56(48)51(33-42)63-49-23-10-8-21-44(49)47-30-38-16-4-5-17-39(38)32-50(47)63/h1-34H. The first kappa shape index (κ1) is 36.1. The summed E-state index contributed by atoms with van der Waals surface area (Å²) in [4.78, 5) is 16.1. The van der Waals surface area contributed by atoms with Gasteiger partial charge < -0.3 is 8.98 Å². The summed E-state index contributed by atoms with van der Waals surface area (Å²) in [6.07, 6.45) is 0. The summed E-state index contributed by atoms with van der Waals surface area (Å²) < 4.78 is 11.8. The zero-order valence-corrected chi connectivity index (χ0v) is 35.6. The monoisotopic (exact) mass is 846 g/mol. The molecule has 0 aliphatic heterocycles. The minimum absolute atomic E-state index is 0.579. The quantitative estimate of drug-likeness (QED) is 0.173. The van der Waals surface area contributed by atoms with E-state index in [1.165, 1.54) is 41.7 Å². The summed E-state index contributed by atoms with van der Waals surface area (Å²) in [6.45, 7) is 0. The third kappa shape index (κ3) is 5.67. The second kappa shape index (κ2) is 14.0. The first-order valence-corrected chi connectivity index (χ1v) is 22.6. The lowest BCUT2D eigenvalue weighted by Gasteiger charge is -2.13. The number of aromatic nitrogens is 4. The molecule has 5 nitrogen and oxygen atoms in total. The molecule has 65 heavy (non-hydrogen) atoms. The average Bonchev–Trinajstić information content (AvgIpc) is 4.05. The van der Waals surface area contributed by atoms with Crippen molar-refractivity contribution < 1.29 is 4.42 Å². The average molecular weight is 847 g/mol. The Morgan fingerprint density at radius 3 is 1.85 bits per heavy atom. The van der Waals surface area contributed by atoms with Gasteiger partial charge in [-0.3, -0.25) is 0 Å². The number of furan rings is 1. The number of fused-ring (bicyclic) bond motifs is 12. The van der Waals surface area contributed by atoms with Gasteiger partial charge in [0.15, 0.2) is 23.1 Å². The molecule has 14 rings (SSSR count). The molecule has 0 bridgehead atoms. The van der Waals surface area contributed by atoms with Crippen molar-refractivity contribution in [2.24, 2.45) is 0 Å². The van der Waals surface area contributed by atoms with Crippen LogP contribution in [0.25, 0.3) is 136 Å². The maximum absolute atomic E-state index is 7.03. The van der Waals surface area contributed by atoms with Crippen molar-refractivity contribution >= 4 is 96.8 Å². The van der Waals surface area contributed by atoms with Crippen molar-refractivity contribution in [2.75, 3.05) is 0 Å². The van der Waals surface area contributed by atoms with Crippen LogP contribution in [0.3, 0.4) is 0 Å². The van der Waals surface area contributed by atoms with Crippen LogP contribution in [-0.2, 0) is 0 Å². The van der Waals surface area contributed by atoms with Gasteiger partial charge in [-0.25, -0.2) is 15.0 Å². The second-order valence-electron chi connectivity index (χ2n) is 16.8. The van der Waals surface area contributed by atoms with E-state index < -0.39 is 0 Å². The number of thiophene rings is 1. The van der Waals surface area contributed by atoms with E-state index in [9.17, 15) is 0 Å². The maximum Gasteiger partial charge on any atom is 0.164 e. The maximum atomic E-state index is 7.03. The molecule has 0 aliphatic rings. The molecule has 0 saturated carbocycles. The van der Waals surface area contributed by atoms with Gasteiger partial charge in [-0.15, -0.1) is 11.3 Å². The zero-order chi connectivity index (χ0) is 42.6. The van der Waals surface area contributed by atoms with Crippen molar-refractivity contribution in [3.63, 3.8) is 0 Å². The van der Waals surface area contributed by atoms with E-state index in [4.69, 9.17) is 19.4 Å². The lowest BCUT2D eigenvalue weighted by atomic mass is 10.0. The molecule has 0 unspecified atom stereocenters. The van der Waals surface area contributed by atoms with Gasteiger partial charge in [0.25, 0.3) is 0 Å². The summed E-state index contributed by atoms with van der Waals surface area (Å²) in [5.74, 6) is 1.80. The summed E-state index contributed by atoms with van der Waals surface area (Å²) in [7, 11) is 0. The first-order chi connectivity index (χ1) is 32.2. The van der Waals surface area contributed by atoms with Crippen LogP contribution < -0.4 is 0 Å². The molecule has 14 aromatic rings. The van der Waals surface area contributed by atoms with Crippen molar-refractivity contribution in [1.29, 1.82) is 0 Å². The van der Waals surface area contributed by atoms with Gasteiger partial charge in [0.05, 0.1) is 16.7 Å². The van der Waals surface area contributed by atoms with Gasteiger partial charge in [-0.05, 0) is 87.3 Å². The van der Waals surface area contributed by atoms with Crippen LogP contribution in [0.5, 0.6) is 0 Å². The summed E-state index contributed by atoms with van der Waals surface area (Å²) >= 11 is 1.79. The summed E-state index contributed by atoms with van der Waals surface area (Å²) in [5, 5.41) is 11.6. The highest BCUT2D eigenvalue weighted by atomic mass is 32.1. The molecule has 0 radical (unpaired) electrons. The molecular weight excluding hydrogens is 813 g/mol. The van der Waals surface area contributed by atoms with Crippen molar-refractivity contribution in [2.45, 2.75) is 0 Å². The van der Waals surface area contributed by atoms with E-state index in [0.29, 0.717) is 17.5 Å². The lowest BCUT2D eigenvalue weighted by Crippen LogP contribution is -2.01. The third-order valence-electron chi connectivity index (χ3n) is 13.0. The van der Waals surface area contributed by atoms with Crippen LogP contribution in [0, 0.1) is 0 Å². The molecule has 10 aromatic carbocycles.